The summed E-state index contributed by atoms with van der Waals surface area (Å²) in [6.07, 6.45) is 2.82. The summed E-state index contributed by atoms with van der Waals surface area (Å²) in [5.41, 5.74) is 2.77. The number of nitrogens with one attached hydrogen (secondary N) is 1. The highest BCUT2D eigenvalue weighted by Gasteiger charge is 2.24. The van der Waals surface area contributed by atoms with E-state index in [1.54, 1.807) is 0 Å². The molecule has 1 aliphatic carbocycles. The van der Waals surface area contributed by atoms with Gasteiger partial charge in [-0.1, -0.05) is 18.2 Å². The lowest BCUT2D eigenvalue weighted by Crippen LogP contribution is -2.23. The van der Waals surface area contributed by atoms with Gasteiger partial charge in [0.15, 0.2) is 0 Å². The van der Waals surface area contributed by atoms with E-state index in [-0.39, 0.29) is 0 Å². The minimum Gasteiger partial charge on any atom is -0.374 e. The Morgan fingerprint density at radius 1 is 1.38 bits per heavy atom. The maximum atomic E-state index is 3.32. The Kier molecular flexibility index (Phi) is 3.49. The molecule has 0 heterocycles. The molecule has 1 unspecified atom stereocenters. The molecule has 16 heavy (non-hydrogen) atoms. The summed E-state index contributed by atoms with van der Waals surface area (Å²) in [4.78, 5) is 2.40. The van der Waals surface area contributed by atoms with Gasteiger partial charge >= 0.3 is 0 Å². The van der Waals surface area contributed by atoms with E-state index in [0.29, 0.717) is 6.04 Å². The summed E-state index contributed by atoms with van der Waals surface area (Å²) in [5.74, 6) is 0.933. The zero-order chi connectivity index (χ0) is 11.5. The third-order valence-electron chi connectivity index (χ3n) is 3.48. The molecule has 1 N–H and O–H groups in total. The third-order valence-corrected chi connectivity index (χ3v) is 3.48. The van der Waals surface area contributed by atoms with E-state index in [9.17, 15) is 0 Å². The van der Waals surface area contributed by atoms with Gasteiger partial charge in [-0.25, -0.2) is 0 Å². The van der Waals surface area contributed by atoms with Crippen LogP contribution < -0.4 is 10.2 Å². The van der Waals surface area contributed by atoms with Crippen molar-refractivity contribution in [2.24, 2.45) is 5.92 Å². The van der Waals surface area contributed by atoms with Crippen molar-refractivity contribution in [3.8, 4) is 0 Å². The number of hydrogen-bond acceptors (Lipinski definition) is 2. The minimum atomic E-state index is 0.415. The lowest BCUT2D eigenvalue weighted by Gasteiger charge is -2.25. The molecule has 1 aromatic carbocycles. The molecule has 1 aromatic rings. The maximum absolute atomic E-state index is 3.32. The second-order valence-electron chi connectivity index (χ2n) is 4.89. The SMILES string of the molecule is CNC(C)c1ccccc1N(C)CC1CC1. The lowest BCUT2D eigenvalue weighted by molar-refractivity contribution is 0.648. The molecule has 0 radical (unpaired) electrons. The summed E-state index contributed by atoms with van der Waals surface area (Å²) in [6, 6.07) is 9.12. The van der Waals surface area contributed by atoms with Crippen LogP contribution in [-0.4, -0.2) is 20.6 Å². The molecule has 2 rings (SSSR count). The van der Waals surface area contributed by atoms with Gasteiger partial charge in [0.2, 0.25) is 0 Å². The van der Waals surface area contributed by atoms with Crippen molar-refractivity contribution >= 4 is 5.69 Å². The molecule has 1 fully saturated rings. The molecule has 0 amide bonds. The quantitative estimate of drug-likeness (QED) is 0.817. The highest BCUT2D eigenvalue weighted by molar-refractivity contribution is 5.54. The van der Waals surface area contributed by atoms with Crippen LogP contribution in [0.25, 0.3) is 0 Å². The average molecular weight is 218 g/mol. The van der Waals surface area contributed by atoms with Crippen LogP contribution in [0.2, 0.25) is 0 Å². The molecule has 0 bridgehead atoms. The molecule has 0 aromatic heterocycles. The van der Waals surface area contributed by atoms with Gasteiger partial charge in [-0.15, -0.1) is 0 Å². The Labute approximate surface area is 98.7 Å². The van der Waals surface area contributed by atoms with Crippen LogP contribution in [-0.2, 0) is 0 Å². The molecular weight excluding hydrogens is 196 g/mol. The summed E-state index contributed by atoms with van der Waals surface area (Å²) in [7, 11) is 4.22. The van der Waals surface area contributed by atoms with Gasteiger partial charge in [0.1, 0.15) is 0 Å². The molecule has 2 heteroatoms. The number of hydrogen-bond donors (Lipinski definition) is 1. The first kappa shape index (κ1) is 11.5. The molecule has 0 saturated heterocycles. The first-order chi connectivity index (χ1) is 7.72. The van der Waals surface area contributed by atoms with Crippen LogP contribution in [0.1, 0.15) is 31.4 Å². The fourth-order valence-corrected chi connectivity index (χ4v) is 2.14. The number of benzene rings is 1. The number of nitrogens with zero attached hydrogens (tertiary/aromatic N) is 1. The Morgan fingerprint density at radius 2 is 2.06 bits per heavy atom. The van der Waals surface area contributed by atoms with Gasteiger partial charge in [-0.2, -0.15) is 0 Å². The van der Waals surface area contributed by atoms with E-state index in [2.05, 4.69) is 48.5 Å². The fraction of sp³-hybridized carbons (Fsp3) is 0.571. The van der Waals surface area contributed by atoms with Crippen molar-refractivity contribution < 1.29 is 0 Å². The standard InChI is InChI=1S/C14H22N2/c1-11(15-2)13-6-4-5-7-14(13)16(3)10-12-8-9-12/h4-7,11-12,15H,8-10H2,1-3H3. The predicted molar refractivity (Wildman–Crippen MR) is 69.9 cm³/mol. The third kappa shape index (κ3) is 2.56. The summed E-state index contributed by atoms with van der Waals surface area (Å²) >= 11 is 0. The van der Waals surface area contributed by atoms with Gasteiger partial charge in [-0.3, -0.25) is 0 Å². The van der Waals surface area contributed by atoms with Gasteiger partial charge in [0, 0.05) is 25.3 Å². The summed E-state index contributed by atoms with van der Waals surface area (Å²) in [5, 5.41) is 3.32. The highest BCUT2D eigenvalue weighted by atomic mass is 15.1. The Balaban J connectivity index is 2.16. The first-order valence-corrected chi connectivity index (χ1v) is 6.19. The van der Waals surface area contributed by atoms with Gasteiger partial charge < -0.3 is 10.2 Å². The first-order valence-electron chi connectivity index (χ1n) is 6.19. The van der Waals surface area contributed by atoms with E-state index in [1.165, 1.54) is 30.6 Å². The Morgan fingerprint density at radius 3 is 2.69 bits per heavy atom. The minimum absolute atomic E-state index is 0.415. The van der Waals surface area contributed by atoms with Crippen molar-refractivity contribution in [3.63, 3.8) is 0 Å². The number of anilines is 1. The molecule has 1 saturated carbocycles. The largest absolute Gasteiger partial charge is 0.374 e. The Bertz CT molecular complexity index is 344. The van der Waals surface area contributed by atoms with Crippen LogP contribution in [0.15, 0.2) is 24.3 Å². The number of para-hydroxylation sites is 1. The average Bonchev–Trinajstić information content (AvgIpc) is 3.12. The second-order valence-corrected chi connectivity index (χ2v) is 4.89. The molecule has 1 atom stereocenters. The van der Waals surface area contributed by atoms with Crippen LogP contribution in [0.5, 0.6) is 0 Å². The van der Waals surface area contributed by atoms with E-state index in [4.69, 9.17) is 0 Å². The van der Waals surface area contributed by atoms with Crippen LogP contribution >= 0.6 is 0 Å². The normalized spacial score (nSPS) is 17.2. The van der Waals surface area contributed by atoms with Gasteiger partial charge in [0.25, 0.3) is 0 Å². The monoisotopic (exact) mass is 218 g/mol. The molecule has 0 spiro atoms. The van der Waals surface area contributed by atoms with Crippen molar-refractivity contribution in [1.29, 1.82) is 0 Å². The van der Waals surface area contributed by atoms with Gasteiger partial charge in [-0.05, 0) is 44.4 Å². The fourth-order valence-electron chi connectivity index (χ4n) is 2.14. The van der Waals surface area contributed by atoms with Crippen molar-refractivity contribution in [3.05, 3.63) is 29.8 Å². The van der Waals surface area contributed by atoms with E-state index in [0.717, 1.165) is 5.92 Å². The number of rotatable bonds is 5. The Hall–Kier alpha value is -1.02. The lowest BCUT2D eigenvalue weighted by atomic mass is 10.1. The topological polar surface area (TPSA) is 15.3 Å². The van der Waals surface area contributed by atoms with E-state index < -0.39 is 0 Å². The van der Waals surface area contributed by atoms with Crippen molar-refractivity contribution in [2.75, 3.05) is 25.5 Å². The summed E-state index contributed by atoms with van der Waals surface area (Å²) < 4.78 is 0. The predicted octanol–water partition coefficient (Wildman–Crippen LogP) is 2.81. The van der Waals surface area contributed by atoms with Crippen LogP contribution in [0.4, 0.5) is 5.69 Å². The zero-order valence-corrected chi connectivity index (χ0v) is 10.5. The van der Waals surface area contributed by atoms with Crippen LogP contribution in [0, 0.1) is 5.92 Å². The van der Waals surface area contributed by atoms with Crippen LogP contribution in [0.3, 0.4) is 0 Å². The van der Waals surface area contributed by atoms with Crippen molar-refractivity contribution in [2.45, 2.75) is 25.8 Å². The maximum Gasteiger partial charge on any atom is 0.0412 e. The highest BCUT2D eigenvalue weighted by Crippen LogP contribution is 2.32. The molecule has 2 nitrogen and oxygen atoms in total. The summed E-state index contributed by atoms with van der Waals surface area (Å²) in [6.45, 7) is 3.41. The van der Waals surface area contributed by atoms with E-state index >= 15 is 0 Å². The molecule has 0 aliphatic heterocycles. The second kappa shape index (κ2) is 4.88. The van der Waals surface area contributed by atoms with Gasteiger partial charge in [0.05, 0.1) is 0 Å². The van der Waals surface area contributed by atoms with E-state index in [1.807, 2.05) is 7.05 Å². The molecular formula is C14H22N2. The van der Waals surface area contributed by atoms with Crippen molar-refractivity contribution in [1.82, 2.24) is 5.32 Å². The molecule has 88 valence electrons. The zero-order valence-electron chi connectivity index (χ0n) is 10.5. The molecule has 1 aliphatic rings. The smallest absolute Gasteiger partial charge is 0.0412 e.